The van der Waals surface area contributed by atoms with Gasteiger partial charge in [0.15, 0.2) is 0 Å². The van der Waals surface area contributed by atoms with Crippen LogP contribution in [0.4, 0.5) is 0 Å². The maximum atomic E-state index is 3.04. The number of hydrogen-bond acceptors (Lipinski definition) is 3. The second-order valence-electron chi connectivity index (χ2n) is 2.96. The lowest BCUT2D eigenvalue weighted by atomic mass is 10.3. The Morgan fingerprint density at radius 2 is 1.71 bits per heavy atom. The Hall–Kier alpha value is -0.700. The number of allylic oxidation sites excluding steroid dienone is 1. The third-order valence-electron chi connectivity index (χ3n) is 1.26. The summed E-state index contributed by atoms with van der Waals surface area (Å²) in [5, 5.41) is 1.91. The smallest absolute Gasteiger partial charge is 0.0453 e. The molecule has 86 valence electrons. The van der Waals surface area contributed by atoms with Crippen LogP contribution in [0.15, 0.2) is 11.9 Å². The predicted octanol–water partition coefficient (Wildman–Crippen LogP) is 3.03. The molecule has 0 unspecified atom stereocenters. The molecule has 0 saturated carbocycles. The first-order chi connectivity index (χ1) is 6.74. The average molecular weight is 201 g/mol. The Balaban J connectivity index is 0. The van der Waals surface area contributed by atoms with E-state index in [0.29, 0.717) is 0 Å². The van der Waals surface area contributed by atoms with E-state index in [-0.39, 0.29) is 0 Å². The number of nitrogens with zero attached hydrogens (tertiary/aromatic N) is 1. The van der Waals surface area contributed by atoms with E-state index >= 15 is 0 Å². The lowest BCUT2D eigenvalue weighted by molar-refractivity contribution is 0.326. The molecule has 1 aliphatic rings. The number of nitrogens with one attached hydrogen (secondary N) is 2. The molecule has 0 radical (unpaired) electrons. The largest absolute Gasteiger partial charge is 0.306 e. The molecule has 14 heavy (non-hydrogen) atoms. The summed E-state index contributed by atoms with van der Waals surface area (Å²) in [4.78, 5) is 0. The maximum Gasteiger partial charge on any atom is 0.0453 e. The van der Waals surface area contributed by atoms with E-state index in [1.165, 1.54) is 18.5 Å². The summed E-state index contributed by atoms with van der Waals surface area (Å²) in [6.45, 7) is 10.4. The molecule has 0 saturated heterocycles. The Kier molecular flexibility index (Phi) is 13.8. The Labute approximate surface area is 89.5 Å². The molecule has 1 rings (SSSR count). The first-order valence-corrected chi connectivity index (χ1v) is 5.69. The molecule has 0 fully saturated rings. The number of hydrazine groups is 2. The standard InChI is InChI=1S/C6H13N3.C3H8.C2H6/c1-3-4-6-5-9(2)8-7-6;1-3-2;1-2/h5,7-8H,3-4H2,1-2H3;3H2,1-2H3;1-2H3. The minimum atomic E-state index is 1.12. The minimum Gasteiger partial charge on any atom is -0.306 e. The molecule has 0 amide bonds. The van der Waals surface area contributed by atoms with Gasteiger partial charge in [0.1, 0.15) is 0 Å². The Morgan fingerprint density at radius 3 is 2.00 bits per heavy atom. The first-order valence-electron chi connectivity index (χ1n) is 5.69. The van der Waals surface area contributed by atoms with Gasteiger partial charge in [0.25, 0.3) is 0 Å². The van der Waals surface area contributed by atoms with Gasteiger partial charge in [-0.1, -0.05) is 47.5 Å². The second-order valence-corrected chi connectivity index (χ2v) is 2.96. The van der Waals surface area contributed by atoms with Crippen molar-refractivity contribution in [3.8, 4) is 0 Å². The van der Waals surface area contributed by atoms with Crippen molar-refractivity contribution in [2.75, 3.05) is 7.05 Å². The van der Waals surface area contributed by atoms with Crippen molar-refractivity contribution >= 4 is 0 Å². The fraction of sp³-hybridized carbons (Fsp3) is 0.818. The zero-order chi connectivity index (χ0) is 11.4. The molecule has 1 heterocycles. The normalized spacial score (nSPS) is 13.0. The van der Waals surface area contributed by atoms with Crippen molar-refractivity contribution < 1.29 is 0 Å². The fourth-order valence-electron chi connectivity index (χ4n) is 0.855. The molecule has 3 nitrogen and oxygen atoms in total. The van der Waals surface area contributed by atoms with Crippen LogP contribution in [0.5, 0.6) is 0 Å². The van der Waals surface area contributed by atoms with Gasteiger partial charge in [-0.25, -0.2) is 0 Å². The average Bonchev–Trinajstić information content (AvgIpc) is 2.57. The number of rotatable bonds is 2. The molecule has 0 aromatic heterocycles. The quantitative estimate of drug-likeness (QED) is 0.719. The summed E-state index contributed by atoms with van der Waals surface area (Å²) >= 11 is 0. The van der Waals surface area contributed by atoms with E-state index < -0.39 is 0 Å². The zero-order valence-electron chi connectivity index (χ0n) is 10.6. The van der Waals surface area contributed by atoms with Gasteiger partial charge in [-0.15, -0.1) is 5.53 Å². The van der Waals surface area contributed by atoms with E-state index in [1.54, 1.807) is 0 Å². The van der Waals surface area contributed by atoms with Gasteiger partial charge in [0, 0.05) is 18.9 Å². The van der Waals surface area contributed by atoms with Gasteiger partial charge in [-0.05, 0) is 6.42 Å². The third kappa shape index (κ3) is 9.39. The van der Waals surface area contributed by atoms with Crippen LogP contribution < -0.4 is 11.0 Å². The lowest BCUT2D eigenvalue weighted by Gasteiger charge is -2.05. The molecule has 2 N–H and O–H groups in total. The van der Waals surface area contributed by atoms with E-state index in [2.05, 4.69) is 37.9 Å². The molecular formula is C11H27N3. The van der Waals surface area contributed by atoms with Gasteiger partial charge >= 0.3 is 0 Å². The van der Waals surface area contributed by atoms with Crippen LogP contribution in [-0.2, 0) is 0 Å². The van der Waals surface area contributed by atoms with Gasteiger partial charge in [0.2, 0.25) is 0 Å². The summed E-state index contributed by atoms with van der Waals surface area (Å²) in [6, 6.07) is 0. The van der Waals surface area contributed by atoms with E-state index in [4.69, 9.17) is 0 Å². The Morgan fingerprint density at radius 1 is 1.21 bits per heavy atom. The summed E-state index contributed by atoms with van der Waals surface area (Å²) in [6.07, 6.45) is 5.62. The monoisotopic (exact) mass is 201 g/mol. The molecular weight excluding hydrogens is 174 g/mol. The van der Waals surface area contributed by atoms with Crippen LogP contribution in [0.2, 0.25) is 0 Å². The highest BCUT2D eigenvalue weighted by atomic mass is 15.7. The molecule has 3 heteroatoms. The molecule has 0 aromatic carbocycles. The first kappa shape index (κ1) is 15.8. The molecule has 0 bridgehead atoms. The van der Waals surface area contributed by atoms with E-state index in [9.17, 15) is 0 Å². The van der Waals surface area contributed by atoms with Gasteiger partial charge < -0.3 is 5.43 Å². The highest BCUT2D eigenvalue weighted by molar-refractivity contribution is 5.00. The van der Waals surface area contributed by atoms with Crippen molar-refractivity contribution in [3.63, 3.8) is 0 Å². The summed E-state index contributed by atoms with van der Waals surface area (Å²) < 4.78 is 0. The maximum absolute atomic E-state index is 3.04. The van der Waals surface area contributed by atoms with Crippen LogP contribution in [-0.4, -0.2) is 12.1 Å². The van der Waals surface area contributed by atoms with Crippen molar-refractivity contribution in [2.24, 2.45) is 0 Å². The van der Waals surface area contributed by atoms with Crippen molar-refractivity contribution in [1.82, 2.24) is 16.0 Å². The van der Waals surface area contributed by atoms with Crippen LogP contribution in [0.25, 0.3) is 0 Å². The highest BCUT2D eigenvalue weighted by Crippen LogP contribution is 2.03. The van der Waals surface area contributed by atoms with Crippen LogP contribution >= 0.6 is 0 Å². The third-order valence-corrected chi connectivity index (χ3v) is 1.26. The molecule has 0 aromatic rings. The lowest BCUT2D eigenvalue weighted by Crippen LogP contribution is -2.33. The second kappa shape index (κ2) is 12.3. The summed E-state index contributed by atoms with van der Waals surface area (Å²) in [7, 11) is 1.97. The van der Waals surface area contributed by atoms with E-state index in [1.807, 2.05) is 25.9 Å². The van der Waals surface area contributed by atoms with E-state index in [0.717, 1.165) is 6.42 Å². The highest BCUT2D eigenvalue weighted by Gasteiger charge is 2.03. The minimum absolute atomic E-state index is 1.12. The molecule has 0 spiro atoms. The molecule has 1 aliphatic heterocycles. The van der Waals surface area contributed by atoms with Crippen molar-refractivity contribution in [2.45, 2.75) is 53.9 Å². The van der Waals surface area contributed by atoms with Gasteiger partial charge in [0.05, 0.1) is 0 Å². The summed E-state index contributed by atoms with van der Waals surface area (Å²) in [5.74, 6) is 0. The number of hydrogen-bond donors (Lipinski definition) is 2. The van der Waals surface area contributed by atoms with Gasteiger partial charge in [-0.2, -0.15) is 0 Å². The van der Waals surface area contributed by atoms with Crippen molar-refractivity contribution in [1.29, 1.82) is 0 Å². The summed E-state index contributed by atoms with van der Waals surface area (Å²) in [5.41, 5.74) is 7.25. The molecule has 0 atom stereocenters. The predicted molar refractivity (Wildman–Crippen MR) is 64.3 cm³/mol. The Bertz CT molecular complexity index is 132. The van der Waals surface area contributed by atoms with Gasteiger partial charge in [-0.3, -0.25) is 5.01 Å². The van der Waals surface area contributed by atoms with Crippen LogP contribution in [0, 0.1) is 0 Å². The SMILES string of the molecule is CC.CCC.CCCC1=CN(C)NN1. The fourth-order valence-corrected chi connectivity index (χ4v) is 0.855. The zero-order valence-corrected chi connectivity index (χ0v) is 10.6. The van der Waals surface area contributed by atoms with Crippen LogP contribution in [0.1, 0.15) is 53.9 Å². The molecule has 0 aliphatic carbocycles. The van der Waals surface area contributed by atoms with Crippen molar-refractivity contribution in [3.05, 3.63) is 11.9 Å². The topological polar surface area (TPSA) is 27.3 Å². The van der Waals surface area contributed by atoms with Crippen LogP contribution in [0.3, 0.4) is 0 Å².